The summed E-state index contributed by atoms with van der Waals surface area (Å²) >= 11 is 0. The SMILES string of the molecule is CCCCCCC.c1ccc2cc3ccccc3cc2c1. The maximum absolute atomic E-state index is 2.25. The lowest BCUT2D eigenvalue weighted by Crippen LogP contribution is -1.74. The monoisotopic (exact) mass is 278 g/mol. The van der Waals surface area contributed by atoms with Crippen LogP contribution in [0.1, 0.15) is 46.0 Å². The fourth-order valence-electron chi connectivity index (χ4n) is 2.56. The van der Waals surface area contributed by atoms with Gasteiger partial charge >= 0.3 is 0 Å². The molecule has 0 saturated heterocycles. The van der Waals surface area contributed by atoms with Crippen molar-refractivity contribution in [3.63, 3.8) is 0 Å². The molecule has 0 unspecified atom stereocenters. The first-order chi connectivity index (χ1) is 10.3. The Balaban J connectivity index is 0.000000199. The molecule has 0 bridgehead atoms. The summed E-state index contributed by atoms with van der Waals surface area (Å²) in [5, 5.41) is 5.25. The third kappa shape index (κ3) is 4.60. The molecule has 0 aliphatic heterocycles. The molecule has 21 heavy (non-hydrogen) atoms. The quantitative estimate of drug-likeness (QED) is 0.357. The van der Waals surface area contributed by atoms with Crippen LogP contribution in [0.2, 0.25) is 0 Å². The van der Waals surface area contributed by atoms with E-state index >= 15 is 0 Å². The van der Waals surface area contributed by atoms with Crippen LogP contribution in [0.25, 0.3) is 21.5 Å². The van der Waals surface area contributed by atoms with Crippen LogP contribution in [0.4, 0.5) is 0 Å². The second-order valence-corrected chi connectivity index (χ2v) is 5.61. The van der Waals surface area contributed by atoms with Gasteiger partial charge in [0.15, 0.2) is 0 Å². The molecule has 0 fully saturated rings. The van der Waals surface area contributed by atoms with Crippen molar-refractivity contribution >= 4 is 21.5 Å². The topological polar surface area (TPSA) is 0 Å². The Morgan fingerprint density at radius 2 is 0.857 bits per heavy atom. The van der Waals surface area contributed by atoms with Gasteiger partial charge in [-0.15, -0.1) is 0 Å². The molecule has 3 aromatic rings. The van der Waals surface area contributed by atoms with Crippen molar-refractivity contribution in [2.24, 2.45) is 0 Å². The predicted octanol–water partition coefficient (Wildman–Crippen LogP) is 6.97. The standard InChI is InChI=1S/C14H10.C7H16/c1-2-6-12-10-14-8-4-3-7-13(14)9-11(12)5-1;1-3-5-7-6-4-2/h1-10H;3-7H2,1-2H3. The minimum Gasteiger partial charge on any atom is -0.0654 e. The molecule has 0 aromatic heterocycles. The van der Waals surface area contributed by atoms with E-state index < -0.39 is 0 Å². The van der Waals surface area contributed by atoms with E-state index in [0.29, 0.717) is 0 Å². The zero-order valence-corrected chi connectivity index (χ0v) is 13.3. The largest absolute Gasteiger partial charge is 0.0654 e. The number of hydrogen-bond donors (Lipinski definition) is 0. The highest BCUT2D eigenvalue weighted by molar-refractivity contribution is 5.98. The van der Waals surface area contributed by atoms with E-state index in [1.165, 1.54) is 53.6 Å². The molecule has 3 aromatic carbocycles. The van der Waals surface area contributed by atoms with Crippen LogP contribution >= 0.6 is 0 Å². The lowest BCUT2D eigenvalue weighted by Gasteiger charge is -2.00. The zero-order chi connectivity index (χ0) is 14.9. The van der Waals surface area contributed by atoms with Crippen LogP contribution in [0.15, 0.2) is 60.7 Å². The maximum Gasteiger partial charge on any atom is -0.0178 e. The van der Waals surface area contributed by atoms with E-state index in [1.807, 2.05) is 0 Å². The van der Waals surface area contributed by atoms with Gasteiger partial charge in [0, 0.05) is 0 Å². The second-order valence-electron chi connectivity index (χ2n) is 5.61. The van der Waals surface area contributed by atoms with Crippen LogP contribution in [0, 0.1) is 0 Å². The van der Waals surface area contributed by atoms with Gasteiger partial charge in [0.25, 0.3) is 0 Å². The van der Waals surface area contributed by atoms with E-state index in [4.69, 9.17) is 0 Å². The summed E-state index contributed by atoms with van der Waals surface area (Å²) in [4.78, 5) is 0. The highest BCUT2D eigenvalue weighted by atomic mass is 14.0. The Labute approximate surface area is 128 Å². The van der Waals surface area contributed by atoms with Crippen LogP contribution in [-0.4, -0.2) is 0 Å². The van der Waals surface area contributed by atoms with Crippen molar-refractivity contribution in [2.45, 2.75) is 46.0 Å². The van der Waals surface area contributed by atoms with Gasteiger partial charge in [-0.1, -0.05) is 94.5 Å². The first-order valence-corrected chi connectivity index (χ1v) is 8.22. The highest BCUT2D eigenvalue weighted by Crippen LogP contribution is 2.21. The number of hydrogen-bond acceptors (Lipinski definition) is 0. The Morgan fingerprint density at radius 1 is 0.524 bits per heavy atom. The number of fused-ring (bicyclic) bond motifs is 2. The average Bonchev–Trinajstić information content (AvgIpc) is 2.54. The molecule has 0 heterocycles. The van der Waals surface area contributed by atoms with E-state index in [-0.39, 0.29) is 0 Å². The number of benzene rings is 3. The van der Waals surface area contributed by atoms with Crippen LogP contribution in [0.5, 0.6) is 0 Å². The Morgan fingerprint density at radius 3 is 1.14 bits per heavy atom. The third-order valence-corrected chi connectivity index (χ3v) is 3.82. The smallest absolute Gasteiger partial charge is 0.0178 e. The first-order valence-electron chi connectivity index (χ1n) is 8.22. The van der Waals surface area contributed by atoms with Crippen molar-refractivity contribution in [3.8, 4) is 0 Å². The molecule has 0 atom stereocenters. The fraction of sp³-hybridized carbons (Fsp3) is 0.333. The minimum atomic E-state index is 1.31. The van der Waals surface area contributed by atoms with Crippen molar-refractivity contribution in [2.75, 3.05) is 0 Å². The lowest BCUT2D eigenvalue weighted by molar-refractivity contribution is 0.656. The van der Waals surface area contributed by atoms with Gasteiger partial charge in [-0.05, 0) is 33.7 Å². The second kappa shape index (κ2) is 8.46. The van der Waals surface area contributed by atoms with Crippen molar-refractivity contribution in [1.29, 1.82) is 0 Å². The van der Waals surface area contributed by atoms with Crippen LogP contribution in [0.3, 0.4) is 0 Å². The molecule has 0 aliphatic rings. The number of rotatable bonds is 4. The van der Waals surface area contributed by atoms with E-state index in [2.05, 4.69) is 74.5 Å². The van der Waals surface area contributed by atoms with Gasteiger partial charge in [0.1, 0.15) is 0 Å². The molecule has 0 N–H and O–H groups in total. The molecule has 0 spiro atoms. The molecular formula is C21H26. The van der Waals surface area contributed by atoms with Gasteiger partial charge < -0.3 is 0 Å². The third-order valence-electron chi connectivity index (χ3n) is 3.82. The molecule has 110 valence electrons. The van der Waals surface area contributed by atoms with Crippen LogP contribution in [-0.2, 0) is 0 Å². The molecule has 0 radical (unpaired) electrons. The molecule has 0 heteroatoms. The first kappa shape index (κ1) is 15.6. The normalized spacial score (nSPS) is 10.4. The molecular weight excluding hydrogens is 252 g/mol. The average molecular weight is 278 g/mol. The van der Waals surface area contributed by atoms with Crippen LogP contribution < -0.4 is 0 Å². The summed E-state index contributed by atoms with van der Waals surface area (Å²) < 4.78 is 0. The molecule has 0 amide bonds. The highest BCUT2D eigenvalue weighted by Gasteiger charge is 1.95. The maximum atomic E-state index is 2.25. The van der Waals surface area contributed by atoms with Gasteiger partial charge in [-0.2, -0.15) is 0 Å². The lowest BCUT2D eigenvalue weighted by atomic mass is 10.0. The molecule has 3 rings (SSSR count). The number of unbranched alkanes of at least 4 members (excludes halogenated alkanes) is 4. The van der Waals surface area contributed by atoms with E-state index in [9.17, 15) is 0 Å². The van der Waals surface area contributed by atoms with Gasteiger partial charge in [0.05, 0.1) is 0 Å². The summed E-state index contributed by atoms with van der Waals surface area (Å²) in [7, 11) is 0. The summed E-state index contributed by atoms with van der Waals surface area (Å²) in [5.74, 6) is 0. The van der Waals surface area contributed by atoms with Crippen molar-refractivity contribution < 1.29 is 0 Å². The summed E-state index contributed by atoms with van der Waals surface area (Å²) in [6.07, 6.45) is 7.01. The minimum absolute atomic E-state index is 1.31. The summed E-state index contributed by atoms with van der Waals surface area (Å²) in [6, 6.07) is 21.4. The van der Waals surface area contributed by atoms with Crippen molar-refractivity contribution in [1.82, 2.24) is 0 Å². The van der Waals surface area contributed by atoms with E-state index in [0.717, 1.165) is 0 Å². The van der Waals surface area contributed by atoms with E-state index in [1.54, 1.807) is 0 Å². The Bertz CT molecular complexity index is 558. The predicted molar refractivity (Wildman–Crippen MR) is 95.9 cm³/mol. The molecule has 0 saturated carbocycles. The van der Waals surface area contributed by atoms with Gasteiger partial charge in [-0.25, -0.2) is 0 Å². The van der Waals surface area contributed by atoms with Gasteiger partial charge in [0.2, 0.25) is 0 Å². The Hall–Kier alpha value is -1.82. The molecule has 0 aliphatic carbocycles. The summed E-state index contributed by atoms with van der Waals surface area (Å²) in [5.41, 5.74) is 0. The summed E-state index contributed by atoms with van der Waals surface area (Å²) in [6.45, 7) is 4.49. The van der Waals surface area contributed by atoms with Crippen molar-refractivity contribution in [3.05, 3.63) is 60.7 Å². The van der Waals surface area contributed by atoms with Gasteiger partial charge in [-0.3, -0.25) is 0 Å². The molecule has 0 nitrogen and oxygen atoms in total. The fourth-order valence-corrected chi connectivity index (χ4v) is 2.56. The Kier molecular flexibility index (Phi) is 6.27. The zero-order valence-electron chi connectivity index (χ0n) is 13.3.